The van der Waals surface area contributed by atoms with Gasteiger partial charge in [0.05, 0.1) is 15.2 Å². The van der Waals surface area contributed by atoms with E-state index in [1.807, 2.05) is 13.1 Å². The van der Waals surface area contributed by atoms with Crippen molar-refractivity contribution in [3.63, 3.8) is 0 Å². The number of carbonyl (C=O) groups is 1. The third kappa shape index (κ3) is 6.30. The lowest BCUT2D eigenvalue weighted by molar-refractivity contribution is -0.121. The van der Waals surface area contributed by atoms with Gasteiger partial charge in [0.15, 0.2) is 5.96 Å². The third-order valence-electron chi connectivity index (χ3n) is 5.07. The summed E-state index contributed by atoms with van der Waals surface area (Å²) in [5.41, 5.74) is 1.10. The molecule has 0 unspecified atom stereocenters. The van der Waals surface area contributed by atoms with Crippen LogP contribution in [0.5, 0.6) is 0 Å². The monoisotopic (exact) mass is 515 g/mol. The maximum Gasteiger partial charge on any atom is 0.220 e. The number of aromatic nitrogens is 1. The minimum absolute atomic E-state index is 0. The highest BCUT2D eigenvalue weighted by atomic mass is 127. The van der Waals surface area contributed by atoms with Crippen molar-refractivity contribution in [3.8, 4) is 0 Å². The number of para-hydroxylation sites is 1. The Balaban J connectivity index is 0.00000280. The van der Waals surface area contributed by atoms with Crippen LogP contribution < -0.4 is 10.6 Å². The number of guanidine groups is 1. The molecule has 154 valence electrons. The molecule has 1 aromatic heterocycles. The molecule has 1 saturated heterocycles. The van der Waals surface area contributed by atoms with Gasteiger partial charge in [0, 0.05) is 46.6 Å². The van der Waals surface area contributed by atoms with Gasteiger partial charge in [0.25, 0.3) is 0 Å². The number of carbonyl (C=O) groups excluding carboxylic acids is 1. The number of fused-ring (bicyclic) bond motifs is 1. The number of hydrogen-bond donors (Lipinski definition) is 2. The first-order valence-electron chi connectivity index (χ1n) is 9.70. The molecule has 0 bridgehead atoms. The van der Waals surface area contributed by atoms with Gasteiger partial charge in [-0.3, -0.25) is 9.79 Å². The number of piperidine rings is 1. The van der Waals surface area contributed by atoms with E-state index in [4.69, 9.17) is 4.98 Å². The van der Waals surface area contributed by atoms with Gasteiger partial charge in [-0.25, -0.2) is 4.98 Å². The van der Waals surface area contributed by atoms with Crippen LogP contribution in [0.1, 0.15) is 30.7 Å². The second-order valence-corrected chi connectivity index (χ2v) is 8.08. The lowest BCUT2D eigenvalue weighted by Gasteiger charge is -2.34. The van der Waals surface area contributed by atoms with Gasteiger partial charge < -0.3 is 15.5 Å². The maximum atomic E-state index is 11.5. The summed E-state index contributed by atoms with van der Waals surface area (Å²) in [6.45, 7) is 2.80. The number of nitrogens with one attached hydrogen (secondary N) is 2. The second-order valence-electron chi connectivity index (χ2n) is 6.96. The van der Waals surface area contributed by atoms with E-state index in [2.05, 4.69) is 38.7 Å². The number of nitrogens with zero attached hydrogens (tertiary/aromatic N) is 3. The van der Waals surface area contributed by atoms with Crippen LogP contribution in [0.25, 0.3) is 10.2 Å². The first kappa shape index (κ1) is 22.9. The normalized spacial score (nSPS) is 15.4. The summed E-state index contributed by atoms with van der Waals surface area (Å²) < 4.78 is 1.26. The summed E-state index contributed by atoms with van der Waals surface area (Å²) in [4.78, 5) is 23.0. The minimum Gasteiger partial charge on any atom is -0.359 e. The zero-order valence-electron chi connectivity index (χ0n) is 16.6. The summed E-state index contributed by atoms with van der Waals surface area (Å²) in [6, 6.07) is 8.30. The van der Waals surface area contributed by atoms with Crippen LogP contribution in [-0.4, -0.2) is 55.5 Å². The number of likely N-dealkylation sites (tertiary alicyclic amines) is 1. The van der Waals surface area contributed by atoms with Crippen LogP contribution >= 0.6 is 35.3 Å². The number of rotatable bonds is 6. The topological polar surface area (TPSA) is 69.6 Å². The molecule has 1 fully saturated rings. The van der Waals surface area contributed by atoms with Crippen molar-refractivity contribution in [3.05, 3.63) is 29.3 Å². The van der Waals surface area contributed by atoms with Gasteiger partial charge in [-0.1, -0.05) is 12.1 Å². The van der Waals surface area contributed by atoms with Gasteiger partial charge in [-0.05, 0) is 37.3 Å². The molecule has 3 rings (SSSR count). The summed E-state index contributed by atoms with van der Waals surface area (Å²) in [6.07, 6.45) is 4.74. The predicted molar refractivity (Wildman–Crippen MR) is 128 cm³/mol. The first-order chi connectivity index (χ1) is 13.2. The maximum absolute atomic E-state index is 11.5. The SMILES string of the molecule is CN=C(NCCCc1nc2ccccc2s1)N1CCC(CC(=O)NC)CC1.I. The van der Waals surface area contributed by atoms with E-state index in [-0.39, 0.29) is 29.9 Å². The highest BCUT2D eigenvalue weighted by Crippen LogP contribution is 2.22. The van der Waals surface area contributed by atoms with Crippen molar-refractivity contribution in [2.75, 3.05) is 33.7 Å². The summed E-state index contributed by atoms with van der Waals surface area (Å²) in [7, 11) is 3.55. The quantitative estimate of drug-likeness (QED) is 0.268. The van der Waals surface area contributed by atoms with Crippen molar-refractivity contribution in [2.24, 2.45) is 10.9 Å². The van der Waals surface area contributed by atoms with Gasteiger partial charge in [0.1, 0.15) is 0 Å². The van der Waals surface area contributed by atoms with E-state index in [0.29, 0.717) is 12.3 Å². The molecular weight excluding hydrogens is 485 g/mol. The highest BCUT2D eigenvalue weighted by molar-refractivity contribution is 14.0. The van der Waals surface area contributed by atoms with Crippen LogP contribution in [0.4, 0.5) is 0 Å². The Morgan fingerprint density at radius 1 is 1.32 bits per heavy atom. The molecule has 0 aliphatic carbocycles. The number of halogens is 1. The zero-order valence-corrected chi connectivity index (χ0v) is 19.8. The minimum atomic E-state index is 0. The molecule has 0 radical (unpaired) electrons. The average Bonchev–Trinajstić information content (AvgIpc) is 3.11. The van der Waals surface area contributed by atoms with Crippen LogP contribution in [0, 0.1) is 5.92 Å². The van der Waals surface area contributed by atoms with Crippen LogP contribution in [0.3, 0.4) is 0 Å². The van der Waals surface area contributed by atoms with E-state index in [1.165, 1.54) is 9.71 Å². The Morgan fingerprint density at radius 3 is 2.75 bits per heavy atom. The Hall–Kier alpha value is -1.42. The molecule has 1 amide bonds. The van der Waals surface area contributed by atoms with Crippen LogP contribution in [0.15, 0.2) is 29.3 Å². The molecule has 1 aliphatic rings. The van der Waals surface area contributed by atoms with Gasteiger partial charge in [-0.15, -0.1) is 35.3 Å². The number of aryl methyl sites for hydroxylation is 1. The fourth-order valence-electron chi connectivity index (χ4n) is 3.51. The molecule has 2 heterocycles. The standard InChI is InChI=1S/C20H29N5OS.HI/c1-21-18(26)14-15-9-12-25(13-10-15)20(22-2)23-11-5-8-19-24-16-6-3-4-7-17(16)27-19;/h3-4,6-7,15H,5,8-14H2,1-2H3,(H,21,26)(H,22,23);1H. The molecule has 1 aromatic carbocycles. The lowest BCUT2D eigenvalue weighted by Crippen LogP contribution is -2.46. The molecule has 2 aromatic rings. The van der Waals surface area contributed by atoms with Crippen molar-refractivity contribution < 1.29 is 4.79 Å². The molecule has 1 aliphatic heterocycles. The van der Waals surface area contributed by atoms with Crippen molar-refractivity contribution in [1.82, 2.24) is 20.5 Å². The Bertz CT molecular complexity index is 753. The Morgan fingerprint density at radius 2 is 2.07 bits per heavy atom. The van der Waals surface area contributed by atoms with E-state index in [1.54, 1.807) is 18.4 Å². The van der Waals surface area contributed by atoms with Crippen molar-refractivity contribution in [1.29, 1.82) is 0 Å². The molecule has 2 N–H and O–H groups in total. The fraction of sp³-hybridized carbons (Fsp3) is 0.550. The molecule has 6 nitrogen and oxygen atoms in total. The van der Waals surface area contributed by atoms with E-state index >= 15 is 0 Å². The lowest BCUT2D eigenvalue weighted by atomic mass is 9.93. The van der Waals surface area contributed by atoms with Gasteiger partial charge in [-0.2, -0.15) is 0 Å². The van der Waals surface area contributed by atoms with Crippen molar-refractivity contribution >= 4 is 57.4 Å². The van der Waals surface area contributed by atoms with Crippen molar-refractivity contribution in [2.45, 2.75) is 32.1 Å². The molecule has 0 atom stereocenters. The summed E-state index contributed by atoms with van der Waals surface area (Å²) in [5, 5.41) is 7.40. The molecule has 0 saturated carbocycles. The smallest absolute Gasteiger partial charge is 0.220 e. The number of benzene rings is 1. The molecule has 0 spiro atoms. The first-order valence-corrected chi connectivity index (χ1v) is 10.5. The van der Waals surface area contributed by atoms with Gasteiger partial charge >= 0.3 is 0 Å². The number of hydrogen-bond acceptors (Lipinski definition) is 4. The van der Waals surface area contributed by atoms with E-state index in [9.17, 15) is 4.79 Å². The van der Waals surface area contributed by atoms with E-state index in [0.717, 1.165) is 56.8 Å². The average molecular weight is 515 g/mol. The molecular formula is C20H30IN5OS. The number of thiazole rings is 1. The summed E-state index contributed by atoms with van der Waals surface area (Å²) in [5.74, 6) is 1.60. The molecule has 8 heteroatoms. The Kier molecular flexibility index (Phi) is 9.43. The highest BCUT2D eigenvalue weighted by Gasteiger charge is 2.22. The van der Waals surface area contributed by atoms with Gasteiger partial charge in [0.2, 0.25) is 5.91 Å². The second kappa shape index (κ2) is 11.5. The van der Waals surface area contributed by atoms with Crippen LogP contribution in [-0.2, 0) is 11.2 Å². The van der Waals surface area contributed by atoms with E-state index < -0.39 is 0 Å². The fourth-order valence-corrected chi connectivity index (χ4v) is 4.52. The van der Waals surface area contributed by atoms with Crippen LogP contribution in [0.2, 0.25) is 0 Å². The summed E-state index contributed by atoms with van der Waals surface area (Å²) >= 11 is 1.78. The number of amides is 1. The molecule has 28 heavy (non-hydrogen) atoms. The Labute approximate surface area is 188 Å². The largest absolute Gasteiger partial charge is 0.359 e. The number of aliphatic imine (C=N–C) groups is 1. The third-order valence-corrected chi connectivity index (χ3v) is 6.16. The zero-order chi connectivity index (χ0) is 19.1. The predicted octanol–water partition coefficient (Wildman–Crippen LogP) is 3.27.